The first-order valence-corrected chi connectivity index (χ1v) is 6.35. The van der Waals surface area contributed by atoms with Crippen LogP contribution in [0.1, 0.15) is 15.9 Å². The highest BCUT2D eigenvalue weighted by molar-refractivity contribution is 9.10. The Morgan fingerprint density at radius 1 is 1.32 bits per heavy atom. The van der Waals surface area contributed by atoms with E-state index in [1.165, 1.54) is 0 Å². The van der Waals surface area contributed by atoms with Crippen LogP contribution in [0.15, 0.2) is 35.1 Å². The summed E-state index contributed by atoms with van der Waals surface area (Å²) in [7, 11) is 0. The zero-order valence-corrected chi connectivity index (χ0v) is 11.9. The van der Waals surface area contributed by atoms with Gasteiger partial charge in [0.15, 0.2) is 0 Å². The molecule has 1 amide bonds. The summed E-state index contributed by atoms with van der Waals surface area (Å²) in [6.45, 7) is 1.89. The predicted molar refractivity (Wildman–Crippen MR) is 79.9 cm³/mol. The fraction of sp³-hybridized carbons (Fsp3) is 0.0769. The van der Waals surface area contributed by atoms with Crippen LogP contribution in [0.2, 0.25) is 0 Å². The first-order valence-electron chi connectivity index (χ1n) is 5.56. The summed E-state index contributed by atoms with van der Waals surface area (Å²) in [6, 6.07) is 6.61. The Balaban J connectivity index is 2.23. The third-order valence-corrected chi connectivity index (χ3v) is 3.42. The highest BCUT2D eigenvalue weighted by Crippen LogP contribution is 2.20. The molecular formula is C13H13BrN4O. The smallest absolute Gasteiger partial charge is 0.257 e. The lowest BCUT2D eigenvalue weighted by molar-refractivity contribution is 0.102. The second kappa shape index (κ2) is 5.27. The number of nitrogens with zero attached hydrogens (tertiary/aromatic N) is 1. The molecule has 2 aromatic rings. The zero-order chi connectivity index (χ0) is 14.0. The summed E-state index contributed by atoms with van der Waals surface area (Å²) in [5, 5.41) is 2.74. The molecule has 1 heterocycles. The summed E-state index contributed by atoms with van der Waals surface area (Å²) in [4.78, 5) is 16.2. The van der Waals surface area contributed by atoms with E-state index in [1.54, 1.807) is 24.4 Å². The minimum atomic E-state index is -0.291. The topological polar surface area (TPSA) is 94.0 Å². The van der Waals surface area contributed by atoms with E-state index >= 15 is 0 Å². The predicted octanol–water partition coefficient (Wildman–Crippen LogP) is 2.57. The van der Waals surface area contributed by atoms with Gasteiger partial charge in [-0.05, 0) is 52.7 Å². The molecule has 0 saturated carbocycles. The highest BCUT2D eigenvalue weighted by Gasteiger charge is 2.10. The van der Waals surface area contributed by atoms with Crippen LogP contribution in [-0.4, -0.2) is 10.9 Å². The Labute approximate surface area is 119 Å². The van der Waals surface area contributed by atoms with E-state index in [2.05, 4.69) is 26.2 Å². The largest absolute Gasteiger partial charge is 0.399 e. The Morgan fingerprint density at radius 2 is 2.05 bits per heavy atom. The molecule has 0 aliphatic rings. The Bertz CT molecular complexity index is 643. The molecule has 19 heavy (non-hydrogen) atoms. The van der Waals surface area contributed by atoms with Crippen LogP contribution in [0.3, 0.4) is 0 Å². The number of amides is 1. The molecular weight excluding hydrogens is 308 g/mol. The molecule has 0 radical (unpaired) electrons. The number of aromatic nitrogens is 1. The van der Waals surface area contributed by atoms with Crippen LogP contribution in [0.5, 0.6) is 0 Å². The highest BCUT2D eigenvalue weighted by atomic mass is 79.9. The van der Waals surface area contributed by atoms with Gasteiger partial charge in [0.05, 0.1) is 17.4 Å². The van der Waals surface area contributed by atoms with Gasteiger partial charge in [0, 0.05) is 11.4 Å². The van der Waals surface area contributed by atoms with Gasteiger partial charge >= 0.3 is 0 Å². The maximum atomic E-state index is 12.1. The van der Waals surface area contributed by atoms with Crippen molar-refractivity contribution in [2.75, 3.05) is 16.8 Å². The maximum Gasteiger partial charge on any atom is 0.257 e. The van der Waals surface area contributed by atoms with Gasteiger partial charge in [-0.15, -0.1) is 0 Å². The van der Waals surface area contributed by atoms with Gasteiger partial charge in [-0.25, -0.2) is 4.98 Å². The number of benzene rings is 1. The average Bonchev–Trinajstić information content (AvgIpc) is 2.33. The SMILES string of the molecule is Cc1cc(NC(=O)c2ccc(N)cc2N)cnc1Br. The Kier molecular flexibility index (Phi) is 3.71. The van der Waals surface area contributed by atoms with Crippen molar-refractivity contribution in [1.82, 2.24) is 4.98 Å². The molecule has 98 valence electrons. The third-order valence-electron chi connectivity index (χ3n) is 2.59. The monoisotopic (exact) mass is 320 g/mol. The number of nitrogens with two attached hydrogens (primary N) is 2. The third kappa shape index (κ3) is 3.03. The molecule has 0 bridgehead atoms. The summed E-state index contributed by atoms with van der Waals surface area (Å²) < 4.78 is 0.748. The lowest BCUT2D eigenvalue weighted by Gasteiger charge is -2.09. The van der Waals surface area contributed by atoms with Gasteiger partial charge in [0.1, 0.15) is 4.60 Å². The molecule has 1 aromatic heterocycles. The second-order valence-electron chi connectivity index (χ2n) is 4.13. The van der Waals surface area contributed by atoms with Gasteiger partial charge in [-0.2, -0.15) is 0 Å². The summed E-state index contributed by atoms with van der Waals surface area (Å²) >= 11 is 3.30. The molecule has 0 aliphatic heterocycles. The number of hydrogen-bond donors (Lipinski definition) is 3. The van der Waals surface area contributed by atoms with Crippen LogP contribution in [0.25, 0.3) is 0 Å². The molecule has 2 rings (SSSR count). The number of anilines is 3. The van der Waals surface area contributed by atoms with Crippen LogP contribution in [0.4, 0.5) is 17.1 Å². The fourth-order valence-electron chi connectivity index (χ4n) is 1.61. The normalized spacial score (nSPS) is 10.2. The molecule has 1 aromatic carbocycles. The number of rotatable bonds is 2. The minimum absolute atomic E-state index is 0.291. The number of pyridine rings is 1. The quantitative estimate of drug-likeness (QED) is 0.585. The number of nitrogen functional groups attached to an aromatic ring is 2. The van der Waals surface area contributed by atoms with Crippen LogP contribution in [-0.2, 0) is 0 Å². The van der Waals surface area contributed by atoms with Gasteiger partial charge in [-0.3, -0.25) is 4.79 Å². The lowest BCUT2D eigenvalue weighted by atomic mass is 10.1. The molecule has 5 N–H and O–H groups in total. The van der Waals surface area contributed by atoms with Gasteiger partial charge in [0.2, 0.25) is 0 Å². The molecule has 0 saturated heterocycles. The summed E-state index contributed by atoms with van der Waals surface area (Å²) in [6.07, 6.45) is 1.57. The van der Waals surface area contributed by atoms with E-state index in [4.69, 9.17) is 11.5 Å². The molecule has 0 unspecified atom stereocenters. The van der Waals surface area contributed by atoms with Gasteiger partial charge < -0.3 is 16.8 Å². The molecule has 0 aliphatic carbocycles. The van der Waals surface area contributed by atoms with Crippen LogP contribution in [0, 0.1) is 6.92 Å². The first-order chi connectivity index (χ1) is 8.97. The number of carbonyl (C=O) groups is 1. The lowest BCUT2D eigenvalue weighted by Crippen LogP contribution is -2.14. The van der Waals surface area contributed by atoms with Crippen molar-refractivity contribution < 1.29 is 4.79 Å². The molecule has 0 fully saturated rings. The number of nitrogens with one attached hydrogen (secondary N) is 1. The van der Waals surface area contributed by atoms with E-state index in [1.807, 2.05) is 13.0 Å². The second-order valence-corrected chi connectivity index (χ2v) is 4.88. The fourth-order valence-corrected chi connectivity index (χ4v) is 1.83. The van der Waals surface area contributed by atoms with E-state index in [9.17, 15) is 4.79 Å². The minimum Gasteiger partial charge on any atom is -0.399 e. The number of carbonyl (C=O) groups excluding carboxylic acids is 1. The van der Waals surface area contributed by atoms with Crippen LogP contribution >= 0.6 is 15.9 Å². The Morgan fingerprint density at radius 3 is 2.68 bits per heavy atom. The molecule has 5 nitrogen and oxygen atoms in total. The van der Waals surface area contributed by atoms with E-state index in [-0.39, 0.29) is 5.91 Å². The van der Waals surface area contributed by atoms with Crippen molar-refractivity contribution in [3.05, 3.63) is 46.2 Å². The van der Waals surface area contributed by atoms with Crippen molar-refractivity contribution in [3.8, 4) is 0 Å². The van der Waals surface area contributed by atoms with Gasteiger partial charge in [0.25, 0.3) is 5.91 Å². The molecule has 0 spiro atoms. The number of aryl methyl sites for hydroxylation is 1. The van der Waals surface area contributed by atoms with E-state index in [0.717, 1.165) is 10.2 Å². The van der Waals surface area contributed by atoms with Crippen molar-refractivity contribution in [3.63, 3.8) is 0 Å². The summed E-state index contributed by atoms with van der Waals surface area (Å²) in [5.74, 6) is -0.291. The van der Waals surface area contributed by atoms with Gasteiger partial charge in [-0.1, -0.05) is 0 Å². The van der Waals surface area contributed by atoms with Crippen molar-refractivity contribution in [2.24, 2.45) is 0 Å². The average molecular weight is 321 g/mol. The molecule has 0 atom stereocenters. The van der Waals surface area contributed by atoms with Crippen molar-refractivity contribution in [2.45, 2.75) is 6.92 Å². The van der Waals surface area contributed by atoms with Crippen LogP contribution < -0.4 is 16.8 Å². The molecule has 6 heteroatoms. The zero-order valence-electron chi connectivity index (χ0n) is 10.3. The van der Waals surface area contributed by atoms with E-state index in [0.29, 0.717) is 22.6 Å². The number of halogens is 1. The van der Waals surface area contributed by atoms with E-state index < -0.39 is 0 Å². The van der Waals surface area contributed by atoms with Crippen molar-refractivity contribution in [1.29, 1.82) is 0 Å². The maximum absolute atomic E-state index is 12.1. The Hall–Kier alpha value is -2.08. The first kappa shape index (κ1) is 13.4. The summed E-state index contributed by atoms with van der Waals surface area (Å²) in [5.41, 5.74) is 14.2. The standard InChI is InChI=1S/C13H13BrN4O/c1-7-4-9(6-17-12(7)14)18-13(19)10-3-2-8(15)5-11(10)16/h2-6H,15-16H2,1H3,(H,18,19). The van der Waals surface area contributed by atoms with Crippen molar-refractivity contribution >= 4 is 38.9 Å². The number of hydrogen-bond acceptors (Lipinski definition) is 4.